The lowest BCUT2D eigenvalue weighted by molar-refractivity contribution is 0.0770. The number of hydrogen-bond donors (Lipinski definition) is 3. The Morgan fingerprint density at radius 1 is 1.30 bits per heavy atom. The number of aryl methyl sites for hydroxylation is 1. The van der Waals surface area contributed by atoms with Crippen molar-refractivity contribution >= 4 is 44.6 Å². The van der Waals surface area contributed by atoms with Crippen molar-refractivity contribution in [2.24, 2.45) is 5.92 Å². The normalized spacial score (nSPS) is 18.5. The van der Waals surface area contributed by atoms with E-state index >= 15 is 0 Å². The molecule has 0 spiro atoms. The molecule has 0 saturated heterocycles. The maximum Gasteiger partial charge on any atom is 0.272 e. The number of halogens is 3. The second-order valence-electron chi connectivity index (χ2n) is 8.35. The third-order valence-electron chi connectivity index (χ3n) is 5.74. The number of nitrogens with one attached hydrogen (secondary N) is 3. The van der Waals surface area contributed by atoms with Gasteiger partial charge in [-0.1, -0.05) is 6.92 Å². The van der Waals surface area contributed by atoms with Gasteiger partial charge in [0, 0.05) is 12.2 Å². The van der Waals surface area contributed by atoms with Gasteiger partial charge in [0.1, 0.15) is 10.2 Å². The van der Waals surface area contributed by atoms with E-state index < -0.39 is 18.9 Å². The van der Waals surface area contributed by atoms with Gasteiger partial charge in [0.05, 0.1) is 11.2 Å². The Kier molecular flexibility index (Phi) is 7.06. The number of aromatic nitrogens is 4. The molecule has 3 heterocycles. The third kappa shape index (κ3) is 5.58. The Hall–Kier alpha value is -2.82. The molecule has 1 saturated carbocycles. The number of nitrogens with zero attached hydrogens (tertiary/aromatic N) is 3. The molecule has 0 aromatic carbocycles. The molecule has 0 aliphatic heterocycles. The van der Waals surface area contributed by atoms with Gasteiger partial charge in [-0.25, -0.2) is 13.8 Å². The molecule has 33 heavy (non-hydrogen) atoms. The number of carbonyl (C=O) groups is 1. The molecule has 3 aromatic rings. The predicted molar refractivity (Wildman–Crippen MR) is 124 cm³/mol. The maximum atomic E-state index is 13.0. The second-order valence-corrected chi connectivity index (χ2v) is 9.10. The summed E-state index contributed by atoms with van der Waals surface area (Å²) >= 11 is 3.40. The zero-order chi connectivity index (χ0) is 23.5. The smallest absolute Gasteiger partial charge is 0.272 e. The molecule has 0 bridgehead atoms. The van der Waals surface area contributed by atoms with E-state index in [9.17, 15) is 13.6 Å². The van der Waals surface area contributed by atoms with Crippen LogP contribution in [0.15, 0.2) is 22.9 Å². The van der Waals surface area contributed by atoms with Crippen LogP contribution in [0.25, 0.3) is 11.2 Å². The maximum absolute atomic E-state index is 13.0. The minimum Gasteiger partial charge on any atom is -0.471 e. The first-order valence-corrected chi connectivity index (χ1v) is 11.6. The summed E-state index contributed by atoms with van der Waals surface area (Å²) in [7, 11) is 0. The van der Waals surface area contributed by atoms with Crippen LogP contribution in [0.4, 0.5) is 20.4 Å². The average Bonchev–Trinajstić information content (AvgIpc) is 3.17. The lowest BCUT2D eigenvalue weighted by Gasteiger charge is -2.27. The van der Waals surface area contributed by atoms with Crippen molar-refractivity contribution in [1.82, 2.24) is 25.3 Å². The molecule has 1 amide bonds. The summed E-state index contributed by atoms with van der Waals surface area (Å²) in [5.74, 6) is 0.442. The van der Waals surface area contributed by atoms with Crippen molar-refractivity contribution in [2.45, 2.75) is 52.0 Å². The number of fused-ring (bicyclic) bond motifs is 1. The first-order valence-electron chi connectivity index (χ1n) is 10.8. The fraction of sp³-hybridized carbons (Fsp3) is 0.455. The van der Waals surface area contributed by atoms with Crippen molar-refractivity contribution in [1.29, 1.82) is 0 Å². The molecular weight excluding hydrogens is 498 g/mol. The van der Waals surface area contributed by atoms with Gasteiger partial charge in [-0.2, -0.15) is 9.97 Å². The fourth-order valence-corrected chi connectivity index (χ4v) is 4.39. The number of aromatic amines is 1. The van der Waals surface area contributed by atoms with E-state index in [1.54, 1.807) is 6.20 Å². The van der Waals surface area contributed by atoms with Crippen LogP contribution in [0, 0.1) is 12.8 Å². The van der Waals surface area contributed by atoms with Crippen LogP contribution >= 0.6 is 15.9 Å². The number of hydrogen-bond acceptors (Lipinski definition) is 6. The van der Waals surface area contributed by atoms with Crippen molar-refractivity contribution in [2.75, 3.05) is 11.9 Å². The number of rotatable bonds is 7. The summed E-state index contributed by atoms with van der Waals surface area (Å²) in [5.41, 5.74) is 2.46. The summed E-state index contributed by atoms with van der Waals surface area (Å²) in [6.07, 6.45) is 2.82. The molecule has 0 radical (unpaired) electrons. The molecule has 3 aromatic heterocycles. The zero-order valence-corrected chi connectivity index (χ0v) is 19.9. The van der Waals surface area contributed by atoms with Crippen LogP contribution in [0.1, 0.15) is 48.5 Å². The minimum atomic E-state index is -2.69. The number of alkyl halides is 2. The van der Waals surface area contributed by atoms with Crippen molar-refractivity contribution in [3.8, 4) is 5.88 Å². The van der Waals surface area contributed by atoms with Crippen LogP contribution in [0.2, 0.25) is 0 Å². The molecule has 1 aliphatic rings. The molecular formula is C22H25BrF2N6O2. The van der Waals surface area contributed by atoms with Gasteiger partial charge in [0.15, 0.2) is 12.3 Å². The van der Waals surface area contributed by atoms with E-state index in [2.05, 4.69) is 53.4 Å². The van der Waals surface area contributed by atoms with Crippen LogP contribution in [-0.2, 0) is 0 Å². The van der Waals surface area contributed by atoms with E-state index in [0.29, 0.717) is 22.0 Å². The second kappa shape index (κ2) is 9.98. The summed E-state index contributed by atoms with van der Waals surface area (Å²) in [5, 5.41) is 6.14. The lowest BCUT2D eigenvalue weighted by atomic mass is 9.87. The Bertz CT molecular complexity index is 1130. The Balaban J connectivity index is 1.62. The van der Waals surface area contributed by atoms with Gasteiger partial charge in [-0.05, 0) is 72.2 Å². The van der Waals surface area contributed by atoms with Crippen LogP contribution in [0.3, 0.4) is 0 Å². The molecule has 176 valence electrons. The average molecular weight is 523 g/mol. The highest BCUT2D eigenvalue weighted by Gasteiger charge is 2.24. The molecule has 1 aliphatic carbocycles. The van der Waals surface area contributed by atoms with Crippen LogP contribution in [-0.4, -0.2) is 44.9 Å². The molecule has 3 N–H and O–H groups in total. The minimum absolute atomic E-state index is 0.0391. The highest BCUT2D eigenvalue weighted by Crippen LogP contribution is 2.29. The van der Waals surface area contributed by atoms with Crippen LogP contribution < -0.4 is 15.4 Å². The summed E-state index contributed by atoms with van der Waals surface area (Å²) in [6.45, 7) is 3.25. The largest absolute Gasteiger partial charge is 0.471 e. The van der Waals surface area contributed by atoms with E-state index in [1.165, 1.54) is 6.07 Å². The standard InChI is InChI=1S/C22H25BrF2N6O2/c1-11-3-5-13(6-4-11)27-20(32)14-9-15-19(30-21(14)33-10-16(24)25)31-22(28-15)29-17-12(2)7-8-26-18(17)23/h7-9,11,13,16H,3-6,10H2,1-2H3,(H,27,32)(H2,28,29,30,31). The highest BCUT2D eigenvalue weighted by molar-refractivity contribution is 9.10. The molecule has 0 unspecified atom stereocenters. The van der Waals surface area contributed by atoms with E-state index in [1.807, 2.05) is 13.0 Å². The van der Waals surface area contributed by atoms with Gasteiger partial charge in [0.25, 0.3) is 12.3 Å². The van der Waals surface area contributed by atoms with Gasteiger partial charge in [-0.15, -0.1) is 0 Å². The van der Waals surface area contributed by atoms with E-state index in [4.69, 9.17) is 4.74 Å². The Morgan fingerprint density at radius 2 is 2.06 bits per heavy atom. The number of pyridine rings is 2. The fourth-order valence-electron chi connectivity index (χ4n) is 3.86. The number of ether oxygens (including phenoxy) is 1. The molecule has 0 atom stereocenters. The summed E-state index contributed by atoms with van der Waals surface area (Å²) in [4.78, 5) is 28.9. The highest BCUT2D eigenvalue weighted by atomic mass is 79.9. The van der Waals surface area contributed by atoms with Crippen LogP contribution in [0.5, 0.6) is 5.88 Å². The molecule has 11 heteroatoms. The Labute approximate surface area is 198 Å². The summed E-state index contributed by atoms with van der Waals surface area (Å²) < 4.78 is 31.4. The number of imidazole rings is 1. The summed E-state index contributed by atoms with van der Waals surface area (Å²) in [6, 6.07) is 3.42. The molecule has 1 fully saturated rings. The van der Waals surface area contributed by atoms with E-state index in [-0.39, 0.29) is 23.1 Å². The quantitative estimate of drug-likeness (QED) is 0.372. The van der Waals surface area contributed by atoms with E-state index in [0.717, 1.165) is 36.9 Å². The third-order valence-corrected chi connectivity index (χ3v) is 6.34. The number of H-pyrrole nitrogens is 1. The first kappa shape index (κ1) is 23.3. The predicted octanol–water partition coefficient (Wildman–Crippen LogP) is 5.12. The van der Waals surface area contributed by atoms with Gasteiger partial charge in [0.2, 0.25) is 11.8 Å². The Morgan fingerprint density at radius 3 is 2.76 bits per heavy atom. The first-order chi connectivity index (χ1) is 15.8. The zero-order valence-electron chi connectivity index (χ0n) is 18.3. The molecule has 8 nitrogen and oxygen atoms in total. The van der Waals surface area contributed by atoms with Gasteiger partial charge in [-0.3, -0.25) is 4.79 Å². The van der Waals surface area contributed by atoms with Gasteiger partial charge < -0.3 is 20.4 Å². The van der Waals surface area contributed by atoms with Crippen molar-refractivity contribution in [3.05, 3.63) is 34.1 Å². The monoisotopic (exact) mass is 522 g/mol. The molecule has 4 rings (SSSR count). The van der Waals surface area contributed by atoms with Crippen molar-refractivity contribution in [3.63, 3.8) is 0 Å². The van der Waals surface area contributed by atoms with Crippen molar-refractivity contribution < 1.29 is 18.3 Å². The lowest BCUT2D eigenvalue weighted by Crippen LogP contribution is -2.37. The number of anilines is 2. The topological polar surface area (TPSA) is 105 Å². The number of carbonyl (C=O) groups excluding carboxylic acids is 1. The van der Waals surface area contributed by atoms with Gasteiger partial charge >= 0.3 is 0 Å². The SMILES string of the molecule is Cc1ccnc(Br)c1Nc1nc2nc(OCC(F)F)c(C(=O)NC3CCC(C)CC3)cc2[nH]1. The number of amides is 1.